The Kier molecular flexibility index (Phi) is 3.57. The SMILES string of the molecule is CC1(C)O[C@H]2[C@@H](O1)[C@@H]1CC(=O)C[C@@H](Sc3ccccc3)[C@H]2O1. The molecule has 1 aromatic rings. The molecule has 4 rings (SSSR count). The van der Waals surface area contributed by atoms with Crippen molar-refractivity contribution < 1.29 is 19.0 Å². The summed E-state index contributed by atoms with van der Waals surface area (Å²) in [7, 11) is 0. The van der Waals surface area contributed by atoms with Crippen molar-refractivity contribution in [1.82, 2.24) is 0 Å². The van der Waals surface area contributed by atoms with Crippen molar-refractivity contribution in [3.63, 3.8) is 0 Å². The van der Waals surface area contributed by atoms with E-state index in [9.17, 15) is 4.79 Å². The van der Waals surface area contributed by atoms with Crippen LogP contribution in [0.15, 0.2) is 35.2 Å². The molecule has 5 heteroatoms. The van der Waals surface area contributed by atoms with E-state index in [-0.39, 0.29) is 35.4 Å². The number of thioether (sulfide) groups is 1. The maximum atomic E-state index is 12.2. The minimum Gasteiger partial charge on any atom is -0.368 e. The number of hydrogen-bond acceptors (Lipinski definition) is 5. The lowest BCUT2D eigenvalue weighted by Crippen LogP contribution is -2.39. The van der Waals surface area contributed by atoms with Gasteiger partial charge in [-0.1, -0.05) is 18.2 Å². The average molecular weight is 320 g/mol. The largest absolute Gasteiger partial charge is 0.368 e. The quantitative estimate of drug-likeness (QED) is 0.838. The molecule has 3 aliphatic heterocycles. The predicted octanol–water partition coefficient (Wildman–Crippen LogP) is 2.80. The van der Waals surface area contributed by atoms with Gasteiger partial charge in [-0.15, -0.1) is 11.8 Å². The van der Waals surface area contributed by atoms with Crippen LogP contribution in [0.4, 0.5) is 0 Å². The Labute approximate surface area is 134 Å². The van der Waals surface area contributed by atoms with Gasteiger partial charge in [-0.3, -0.25) is 4.79 Å². The first-order valence-electron chi connectivity index (χ1n) is 7.76. The topological polar surface area (TPSA) is 44.8 Å². The number of Topliss-reactive ketones (excluding diaryl/α,β-unsaturated/α-hetero) is 1. The second kappa shape index (κ2) is 5.34. The summed E-state index contributed by atoms with van der Waals surface area (Å²) in [5, 5.41) is 0.0763. The summed E-state index contributed by atoms with van der Waals surface area (Å²) in [6, 6.07) is 10.2. The number of benzene rings is 1. The summed E-state index contributed by atoms with van der Waals surface area (Å²) < 4.78 is 18.2. The number of carbonyl (C=O) groups is 1. The molecule has 0 radical (unpaired) electrons. The first kappa shape index (κ1) is 14.7. The fraction of sp³-hybridized carbons (Fsp3) is 0.588. The van der Waals surface area contributed by atoms with Gasteiger partial charge in [0.05, 0.1) is 12.2 Å². The highest BCUT2D eigenvalue weighted by molar-refractivity contribution is 8.00. The van der Waals surface area contributed by atoms with E-state index < -0.39 is 5.79 Å². The highest BCUT2D eigenvalue weighted by Crippen LogP contribution is 2.46. The van der Waals surface area contributed by atoms with E-state index in [1.54, 1.807) is 11.8 Å². The lowest BCUT2D eigenvalue weighted by atomic mass is 9.95. The van der Waals surface area contributed by atoms with E-state index in [2.05, 4.69) is 12.1 Å². The zero-order valence-electron chi connectivity index (χ0n) is 12.7. The van der Waals surface area contributed by atoms with Crippen molar-refractivity contribution in [3.05, 3.63) is 30.3 Å². The summed E-state index contributed by atoms with van der Waals surface area (Å²) in [6.45, 7) is 3.86. The van der Waals surface area contributed by atoms with Gasteiger partial charge in [0.15, 0.2) is 5.79 Å². The molecule has 3 heterocycles. The Hall–Kier alpha value is -0.880. The zero-order chi connectivity index (χ0) is 15.3. The summed E-state index contributed by atoms with van der Waals surface area (Å²) in [5.74, 6) is -0.335. The Balaban J connectivity index is 1.60. The number of ether oxygens (including phenoxy) is 3. The van der Waals surface area contributed by atoms with Crippen molar-refractivity contribution in [2.45, 2.75) is 67.0 Å². The van der Waals surface area contributed by atoms with Crippen molar-refractivity contribution in [1.29, 1.82) is 0 Å². The number of rotatable bonds is 2. The maximum absolute atomic E-state index is 12.2. The lowest BCUT2D eigenvalue weighted by molar-refractivity contribution is -0.185. The highest BCUT2D eigenvalue weighted by atomic mass is 32.2. The number of ketones is 1. The third-order valence-electron chi connectivity index (χ3n) is 4.44. The first-order chi connectivity index (χ1) is 10.5. The predicted molar refractivity (Wildman–Crippen MR) is 82.8 cm³/mol. The van der Waals surface area contributed by atoms with Crippen LogP contribution in [0.3, 0.4) is 0 Å². The molecule has 0 aliphatic carbocycles. The van der Waals surface area contributed by atoms with Crippen LogP contribution in [0.2, 0.25) is 0 Å². The van der Waals surface area contributed by atoms with Gasteiger partial charge in [-0.25, -0.2) is 0 Å². The van der Waals surface area contributed by atoms with E-state index in [1.165, 1.54) is 0 Å². The van der Waals surface area contributed by atoms with E-state index in [4.69, 9.17) is 14.2 Å². The highest BCUT2D eigenvalue weighted by Gasteiger charge is 2.58. The van der Waals surface area contributed by atoms with Gasteiger partial charge in [0.1, 0.15) is 18.0 Å². The molecule has 3 aliphatic rings. The first-order valence-corrected chi connectivity index (χ1v) is 8.64. The molecule has 0 amide bonds. The molecule has 0 N–H and O–H groups in total. The summed E-state index contributed by atoms with van der Waals surface area (Å²) in [4.78, 5) is 13.4. The standard InChI is InChI=1S/C17H20O4S/c1-17(2)20-14-12-8-10(18)9-13(15(19-12)16(14)21-17)22-11-6-4-3-5-7-11/h3-7,12-16H,8-9H2,1-2H3/t12-,13+,14-,15+,16-/m0/s1. The molecular weight excluding hydrogens is 300 g/mol. The van der Waals surface area contributed by atoms with Crippen LogP contribution in [-0.2, 0) is 19.0 Å². The van der Waals surface area contributed by atoms with Crippen LogP contribution in [0, 0.1) is 0 Å². The average Bonchev–Trinajstić information content (AvgIpc) is 2.87. The van der Waals surface area contributed by atoms with Gasteiger partial charge >= 0.3 is 0 Å². The van der Waals surface area contributed by atoms with Crippen molar-refractivity contribution >= 4 is 17.5 Å². The molecule has 2 bridgehead atoms. The molecule has 1 aromatic carbocycles. The minimum absolute atomic E-state index is 0.0747. The smallest absolute Gasteiger partial charge is 0.164 e. The molecule has 0 aromatic heterocycles. The fourth-order valence-electron chi connectivity index (χ4n) is 3.61. The van der Waals surface area contributed by atoms with Gasteiger partial charge in [0, 0.05) is 23.0 Å². The number of fused-ring (bicyclic) bond motifs is 5. The Bertz CT molecular complexity index is 573. The zero-order valence-corrected chi connectivity index (χ0v) is 13.5. The fourth-order valence-corrected chi connectivity index (χ4v) is 4.90. The van der Waals surface area contributed by atoms with Crippen LogP contribution in [0.1, 0.15) is 26.7 Å². The van der Waals surface area contributed by atoms with Crippen LogP contribution in [0.5, 0.6) is 0 Å². The van der Waals surface area contributed by atoms with E-state index >= 15 is 0 Å². The monoisotopic (exact) mass is 320 g/mol. The Morgan fingerprint density at radius 1 is 1.05 bits per heavy atom. The van der Waals surface area contributed by atoms with Crippen molar-refractivity contribution in [2.24, 2.45) is 0 Å². The van der Waals surface area contributed by atoms with Gasteiger partial charge in [-0.2, -0.15) is 0 Å². The molecule has 0 spiro atoms. The van der Waals surface area contributed by atoms with Gasteiger partial charge in [-0.05, 0) is 26.0 Å². The lowest BCUT2D eigenvalue weighted by Gasteiger charge is -2.26. The van der Waals surface area contributed by atoms with E-state index in [1.807, 2.05) is 32.0 Å². The third kappa shape index (κ3) is 2.60. The molecule has 3 saturated heterocycles. The number of carbonyl (C=O) groups excluding carboxylic acids is 1. The van der Waals surface area contributed by atoms with Gasteiger partial charge < -0.3 is 14.2 Å². The molecule has 0 saturated carbocycles. The van der Waals surface area contributed by atoms with Gasteiger partial charge in [0.2, 0.25) is 0 Å². The molecule has 3 fully saturated rings. The van der Waals surface area contributed by atoms with Crippen LogP contribution >= 0.6 is 11.8 Å². The van der Waals surface area contributed by atoms with Crippen molar-refractivity contribution in [3.8, 4) is 0 Å². The Morgan fingerprint density at radius 2 is 1.77 bits per heavy atom. The molecule has 5 atom stereocenters. The normalized spacial score (nSPS) is 39.5. The van der Waals surface area contributed by atoms with E-state index in [0.29, 0.717) is 12.8 Å². The molecule has 22 heavy (non-hydrogen) atoms. The number of hydrogen-bond donors (Lipinski definition) is 0. The molecule has 0 unspecified atom stereocenters. The second-order valence-corrected chi connectivity index (χ2v) is 7.93. The van der Waals surface area contributed by atoms with Crippen LogP contribution in [0.25, 0.3) is 0 Å². The minimum atomic E-state index is -0.592. The van der Waals surface area contributed by atoms with Crippen LogP contribution in [-0.4, -0.2) is 41.2 Å². The van der Waals surface area contributed by atoms with E-state index in [0.717, 1.165) is 4.90 Å². The summed E-state index contributed by atoms with van der Waals surface area (Å²) in [6.07, 6.45) is 0.521. The maximum Gasteiger partial charge on any atom is 0.164 e. The molecular formula is C17H20O4S. The van der Waals surface area contributed by atoms with Crippen LogP contribution < -0.4 is 0 Å². The van der Waals surface area contributed by atoms with Crippen molar-refractivity contribution in [2.75, 3.05) is 0 Å². The van der Waals surface area contributed by atoms with Gasteiger partial charge in [0.25, 0.3) is 0 Å². The second-order valence-electron chi connectivity index (χ2n) is 6.62. The summed E-state index contributed by atoms with van der Waals surface area (Å²) in [5.41, 5.74) is 0. The molecule has 4 nitrogen and oxygen atoms in total. The summed E-state index contributed by atoms with van der Waals surface area (Å²) >= 11 is 1.71. The Morgan fingerprint density at radius 3 is 2.55 bits per heavy atom. The third-order valence-corrected chi connectivity index (χ3v) is 5.72. The molecule has 118 valence electrons.